The molecule has 332 valence electrons. The molecule has 1 atom stereocenters. The summed E-state index contributed by atoms with van der Waals surface area (Å²) in [6.07, 6.45) is -65.6. The van der Waals surface area contributed by atoms with Gasteiger partial charge < -0.3 is 0 Å². The number of rotatable bonds is 5. The lowest BCUT2D eigenvalue weighted by Crippen LogP contribution is -2.86. The summed E-state index contributed by atoms with van der Waals surface area (Å²) >= 11 is 0. The second-order valence-electron chi connectivity index (χ2n) is 11.0. The minimum atomic E-state index is -10.8. The number of carbonyl (C=O) groups is 1. The molecule has 1 aliphatic carbocycles. The molecule has 1 aromatic carbocycles. The van der Waals surface area contributed by atoms with Crippen LogP contribution in [0.2, 0.25) is 0 Å². The Labute approximate surface area is 284 Å². The lowest BCUT2D eigenvalue weighted by Gasteiger charge is -2.59. The third kappa shape index (κ3) is 5.27. The Morgan fingerprint density at radius 1 is 0.386 bits per heavy atom. The smallest absolute Gasteiger partial charge is 0.293 e. The van der Waals surface area contributed by atoms with Crippen molar-refractivity contribution in [2.75, 3.05) is 0 Å². The molecule has 0 N–H and O–H groups in total. The van der Waals surface area contributed by atoms with Crippen LogP contribution in [0, 0.1) is 28.3 Å². The van der Waals surface area contributed by atoms with Gasteiger partial charge in [0.05, 0.1) is 16.7 Å². The van der Waals surface area contributed by atoms with Gasteiger partial charge in [0.1, 0.15) is 5.82 Å². The molecule has 0 aliphatic heterocycles. The molecule has 35 heteroatoms. The molecular formula is C22F34O. The van der Waals surface area contributed by atoms with E-state index in [0.29, 0.717) is 0 Å². The van der Waals surface area contributed by atoms with Crippen molar-refractivity contribution < 1.29 is 154 Å². The monoisotopic (exact) mass is 926 g/mol. The van der Waals surface area contributed by atoms with Gasteiger partial charge >= 0.3 is 72.8 Å². The maximum absolute atomic E-state index is 15.6. The van der Waals surface area contributed by atoms with Crippen LogP contribution in [-0.2, 0) is 11.3 Å². The number of benzene rings is 1. The second kappa shape index (κ2) is 12.1. The molecule has 2 rings (SSSR count). The first-order valence-electron chi connectivity index (χ1n) is 12.4. The van der Waals surface area contributed by atoms with Gasteiger partial charge in [-0.2, -0.15) is 136 Å². The van der Waals surface area contributed by atoms with Crippen LogP contribution in [0.15, 0.2) is 0 Å². The molecule has 0 radical (unpaired) electrons. The van der Waals surface area contributed by atoms with Gasteiger partial charge in [0.25, 0.3) is 10.8 Å². The van der Waals surface area contributed by atoms with Crippen LogP contribution in [0.5, 0.6) is 0 Å². The van der Waals surface area contributed by atoms with Crippen LogP contribution in [-0.4, -0.2) is 72.7 Å². The van der Waals surface area contributed by atoms with Gasteiger partial charge in [-0.15, -0.1) is 0 Å². The second-order valence-corrected chi connectivity index (χ2v) is 11.0. The number of Topliss-reactive ketones (excluding diaryl/α,β-unsaturated/α-hetero) is 1. The van der Waals surface area contributed by atoms with E-state index in [0.717, 1.165) is 0 Å². The predicted molar refractivity (Wildman–Crippen MR) is 103 cm³/mol. The van der Waals surface area contributed by atoms with E-state index in [9.17, 15) is 123 Å². The van der Waals surface area contributed by atoms with Crippen LogP contribution in [0.3, 0.4) is 0 Å². The Bertz CT molecular complexity index is 1690. The fraction of sp³-hybridized carbons (Fsp3) is 0.682. The summed E-state index contributed by atoms with van der Waals surface area (Å²) < 4.78 is 483. The Morgan fingerprint density at radius 2 is 0.702 bits per heavy atom. The van der Waals surface area contributed by atoms with Gasteiger partial charge in [-0.3, -0.25) is 4.79 Å². The van der Waals surface area contributed by atoms with Crippen molar-refractivity contribution in [1.29, 1.82) is 0 Å². The molecule has 0 aromatic heterocycles. The standard InChI is InChI=1S/C22F34O/c23-4-1-2(5(24)6(25)3(4)8(16(36,37)38,17(39,40)41)18(42,43)44)10(26,27)12(28,29)9(7(1)57,11(19(45,46)47,20(48,49)50)21(51,52)53)13(30,31)14(32,33)15(34,35)22(54,55)56. The summed E-state index contributed by atoms with van der Waals surface area (Å²) in [7, 11) is 0. The summed E-state index contributed by atoms with van der Waals surface area (Å²) in [5.74, 6) is -73.6. The highest BCUT2D eigenvalue weighted by atomic mass is 19.5. The zero-order valence-electron chi connectivity index (χ0n) is 24.3. The largest absolute Gasteiger partial charge is 0.460 e. The summed E-state index contributed by atoms with van der Waals surface area (Å²) in [5.41, 5.74) is -47.6. The zero-order valence-corrected chi connectivity index (χ0v) is 24.3. The van der Waals surface area contributed by atoms with Crippen LogP contribution >= 0.6 is 0 Å². The van der Waals surface area contributed by atoms with Gasteiger partial charge in [-0.25, -0.2) is 13.2 Å². The average molecular weight is 926 g/mol. The van der Waals surface area contributed by atoms with Crippen molar-refractivity contribution in [1.82, 2.24) is 0 Å². The zero-order chi connectivity index (χ0) is 46.5. The maximum Gasteiger partial charge on any atom is 0.460 e. The topological polar surface area (TPSA) is 17.1 Å². The van der Waals surface area contributed by atoms with Gasteiger partial charge in [-0.1, -0.05) is 0 Å². The molecule has 0 saturated carbocycles. The number of halogens is 34. The van der Waals surface area contributed by atoms with Gasteiger partial charge in [0.15, 0.2) is 17.4 Å². The first-order chi connectivity index (χ1) is 24.3. The van der Waals surface area contributed by atoms with Crippen molar-refractivity contribution >= 4 is 5.78 Å². The number of alkyl halides is 31. The van der Waals surface area contributed by atoms with E-state index < -0.39 is 129 Å². The summed E-state index contributed by atoms with van der Waals surface area (Å²) in [6.45, 7) is 0. The Balaban J connectivity index is 4.01. The fourth-order valence-electron chi connectivity index (χ4n) is 5.84. The summed E-state index contributed by atoms with van der Waals surface area (Å²) in [5, 5.41) is 0. The molecule has 1 nitrogen and oxygen atoms in total. The van der Waals surface area contributed by atoms with Crippen molar-refractivity contribution in [2.24, 2.45) is 10.8 Å². The number of ketones is 1. The van der Waals surface area contributed by atoms with Crippen molar-refractivity contribution in [3.05, 3.63) is 34.1 Å². The van der Waals surface area contributed by atoms with E-state index in [1.165, 1.54) is 0 Å². The summed E-state index contributed by atoms with van der Waals surface area (Å²) in [6, 6.07) is 0. The van der Waals surface area contributed by atoms with E-state index in [1.54, 1.807) is 0 Å². The quantitative estimate of drug-likeness (QED) is 0.212. The molecule has 1 unspecified atom stereocenters. The number of fused-ring (bicyclic) bond motifs is 1. The van der Waals surface area contributed by atoms with Gasteiger partial charge in [0.2, 0.25) is 5.41 Å². The molecule has 0 saturated heterocycles. The Kier molecular flexibility index (Phi) is 10.5. The van der Waals surface area contributed by atoms with E-state index in [1.807, 2.05) is 0 Å². The average Bonchev–Trinajstić information content (AvgIpc) is 2.88. The van der Waals surface area contributed by atoms with Crippen LogP contribution in [0.1, 0.15) is 21.5 Å². The van der Waals surface area contributed by atoms with Crippen molar-refractivity contribution in [2.45, 2.75) is 78.3 Å². The third-order valence-electron chi connectivity index (χ3n) is 8.17. The molecule has 0 heterocycles. The van der Waals surface area contributed by atoms with Crippen LogP contribution in [0.25, 0.3) is 0 Å². The highest BCUT2D eigenvalue weighted by Gasteiger charge is 3.08. The van der Waals surface area contributed by atoms with Gasteiger partial charge in [0, 0.05) is 0 Å². The number of hydrogen-bond acceptors (Lipinski definition) is 1. The van der Waals surface area contributed by atoms with Gasteiger partial charge in [-0.05, 0) is 0 Å². The lowest BCUT2D eigenvalue weighted by atomic mass is 9.47. The minimum Gasteiger partial charge on any atom is -0.293 e. The molecule has 1 aliphatic rings. The van der Waals surface area contributed by atoms with Crippen molar-refractivity contribution in [3.63, 3.8) is 0 Å². The first-order valence-corrected chi connectivity index (χ1v) is 12.4. The van der Waals surface area contributed by atoms with Crippen molar-refractivity contribution in [3.8, 4) is 0 Å². The molecule has 57 heavy (non-hydrogen) atoms. The highest BCUT2D eigenvalue weighted by Crippen LogP contribution is 2.82. The van der Waals surface area contributed by atoms with E-state index in [4.69, 9.17) is 0 Å². The van der Waals surface area contributed by atoms with Crippen LogP contribution < -0.4 is 0 Å². The molecular weight excluding hydrogens is 926 g/mol. The van der Waals surface area contributed by atoms with E-state index in [2.05, 4.69) is 0 Å². The maximum atomic E-state index is 15.6. The SMILES string of the molecule is O=C1c2c(F)c(C(C(F)(F)F)(C(F)(F)F)C(F)(F)F)c(F)c(F)c2C(F)(F)C(F)(F)C1(C(F)(F)C(F)(F)C(F)(F)C(F)(F)F)C(C(F)(F)F)(C(F)(F)F)C(F)(F)F. The minimum absolute atomic E-state index is 5.41. The first kappa shape index (κ1) is 49.7. The lowest BCUT2D eigenvalue weighted by molar-refractivity contribution is -0.520. The molecule has 0 amide bonds. The predicted octanol–water partition coefficient (Wildman–Crippen LogP) is 12.1. The summed E-state index contributed by atoms with van der Waals surface area (Å²) in [4.78, 5) is 13.0. The molecule has 1 aromatic rings. The van der Waals surface area contributed by atoms with E-state index >= 15 is 30.7 Å². The Hall–Kier alpha value is -3.49. The van der Waals surface area contributed by atoms with E-state index in [-0.39, 0.29) is 0 Å². The number of carbonyl (C=O) groups excluding carboxylic acids is 1. The Morgan fingerprint density at radius 3 is 0.965 bits per heavy atom. The highest BCUT2D eigenvalue weighted by molar-refractivity contribution is 6.07. The number of hydrogen-bond donors (Lipinski definition) is 0. The third-order valence-corrected chi connectivity index (χ3v) is 8.17. The molecule has 0 spiro atoms. The molecule has 0 fully saturated rings. The van der Waals surface area contributed by atoms with Crippen LogP contribution in [0.4, 0.5) is 149 Å². The molecule has 0 bridgehead atoms. The fourth-order valence-corrected chi connectivity index (χ4v) is 5.84. The normalized spacial score (nSPS) is 21.2.